The van der Waals surface area contributed by atoms with Gasteiger partial charge in [0.1, 0.15) is 0 Å². The lowest BCUT2D eigenvalue weighted by Gasteiger charge is -2.39. The second-order valence-electron chi connectivity index (χ2n) is 7.44. The van der Waals surface area contributed by atoms with Crippen LogP contribution in [0.2, 0.25) is 0 Å². The van der Waals surface area contributed by atoms with Gasteiger partial charge in [0.2, 0.25) is 5.91 Å². The van der Waals surface area contributed by atoms with Gasteiger partial charge in [0.25, 0.3) is 0 Å². The van der Waals surface area contributed by atoms with Crippen molar-refractivity contribution in [3.63, 3.8) is 0 Å². The molecule has 3 heterocycles. The van der Waals surface area contributed by atoms with E-state index in [4.69, 9.17) is 4.74 Å². The van der Waals surface area contributed by atoms with Gasteiger partial charge in [-0.15, -0.1) is 0 Å². The highest BCUT2D eigenvalue weighted by molar-refractivity contribution is 5.82. The van der Waals surface area contributed by atoms with E-state index < -0.39 is 11.7 Å². The van der Waals surface area contributed by atoms with Crippen molar-refractivity contribution in [2.75, 3.05) is 24.6 Å². The molecule has 0 spiro atoms. The van der Waals surface area contributed by atoms with Crippen molar-refractivity contribution in [1.82, 2.24) is 5.32 Å². The first-order valence-corrected chi connectivity index (χ1v) is 9.29. The number of alkyl halides is 3. The molecule has 2 fully saturated rings. The molecule has 1 N–H and O–H groups in total. The first-order valence-electron chi connectivity index (χ1n) is 9.29. The fourth-order valence-corrected chi connectivity index (χ4v) is 4.51. The number of ether oxygens (including phenoxy) is 1. The third kappa shape index (κ3) is 3.29. The molecule has 1 aromatic carbocycles. The molecule has 1 aromatic rings. The fourth-order valence-electron chi connectivity index (χ4n) is 4.51. The highest BCUT2D eigenvalue weighted by Crippen LogP contribution is 2.41. The van der Waals surface area contributed by atoms with Crippen LogP contribution in [0, 0.1) is 5.92 Å². The lowest BCUT2D eigenvalue weighted by atomic mass is 9.84. The molecule has 0 aromatic heterocycles. The van der Waals surface area contributed by atoms with Crippen LogP contribution < -0.4 is 10.2 Å². The minimum atomic E-state index is -4.37. The summed E-state index contributed by atoms with van der Waals surface area (Å²) in [6.45, 7) is 2.00. The summed E-state index contributed by atoms with van der Waals surface area (Å²) in [5.74, 6) is -0.379. The summed E-state index contributed by atoms with van der Waals surface area (Å²) < 4.78 is 44.7. The number of fused-ring (bicyclic) bond motifs is 3. The highest BCUT2D eigenvalue weighted by Gasteiger charge is 2.42. The Hall–Kier alpha value is -1.76. The average molecular weight is 368 g/mol. The summed E-state index contributed by atoms with van der Waals surface area (Å²) in [6, 6.07) is 4.00. The summed E-state index contributed by atoms with van der Waals surface area (Å²) in [5, 5.41) is 2.97. The van der Waals surface area contributed by atoms with Crippen molar-refractivity contribution in [1.29, 1.82) is 0 Å². The predicted molar refractivity (Wildman–Crippen MR) is 91.0 cm³/mol. The maximum Gasteiger partial charge on any atom is 0.416 e. The molecule has 3 aliphatic heterocycles. The minimum absolute atomic E-state index is 0.0614. The monoisotopic (exact) mass is 368 g/mol. The minimum Gasteiger partial charge on any atom is -0.376 e. The quantitative estimate of drug-likeness (QED) is 0.891. The molecule has 4 nitrogen and oxygen atoms in total. The van der Waals surface area contributed by atoms with Gasteiger partial charge in [0.15, 0.2) is 0 Å². The fraction of sp³-hybridized carbons (Fsp3) is 0.632. The molecule has 0 saturated carbocycles. The van der Waals surface area contributed by atoms with E-state index in [0.717, 1.165) is 50.6 Å². The number of carbonyl (C=O) groups is 1. The van der Waals surface area contributed by atoms with Gasteiger partial charge in [-0.25, -0.2) is 0 Å². The van der Waals surface area contributed by atoms with Crippen LogP contribution in [0.1, 0.15) is 36.8 Å². The second-order valence-corrected chi connectivity index (χ2v) is 7.44. The summed E-state index contributed by atoms with van der Waals surface area (Å²) in [7, 11) is 0. The van der Waals surface area contributed by atoms with Gasteiger partial charge in [0.05, 0.1) is 17.6 Å². The van der Waals surface area contributed by atoms with Crippen LogP contribution in [-0.4, -0.2) is 37.7 Å². The van der Waals surface area contributed by atoms with Crippen molar-refractivity contribution >= 4 is 11.6 Å². The lowest BCUT2D eigenvalue weighted by molar-refractivity contribution is -0.137. The van der Waals surface area contributed by atoms with E-state index in [1.165, 1.54) is 6.07 Å². The molecule has 0 aliphatic carbocycles. The Balaban J connectivity index is 1.54. The summed E-state index contributed by atoms with van der Waals surface area (Å²) >= 11 is 0. The molecular weight excluding hydrogens is 345 g/mol. The van der Waals surface area contributed by atoms with Gasteiger partial charge < -0.3 is 15.0 Å². The van der Waals surface area contributed by atoms with Gasteiger partial charge in [-0.2, -0.15) is 13.2 Å². The molecule has 1 amide bonds. The third-order valence-electron chi connectivity index (χ3n) is 5.78. The molecular formula is C19H23F3N2O2. The molecule has 2 saturated heterocycles. The van der Waals surface area contributed by atoms with Crippen molar-refractivity contribution in [2.45, 2.75) is 50.4 Å². The van der Waals surface area contributed by atoms with Gasteiger partial charge in [-0.05, 0) is 55.9 Å². The molecule has 26 heavy (non-hydrogen) atoms. The van der Waals surface area contributed by atoms with Crippen molar-refractivity contribution in [2.24, 2.45) is 5.92 Å². The van der Waals surface area contributed by atoms with Gasteiger partial charge in [0, 0.05) is 31.4 Å². The van der Waals surface area contributed by atoms with Crippen LogP contribution in [0.15, 0.2) is 18.2 Å². The second kappa shape index (κ2) is 6.76. The van der Waals surface area contributed by atoms with Crippen LogP contribution in [-0.2, 0) is 22.1 Å². The van der Waals surface area contributed by atoms with E-state index in [-0.39, 0.29) is 24.0 Å². The van der Waals surface area contributed by atoms with E-state index in [2.05, 4.69) is 10.2 Å². The lowest BCUT2D eigenvalue weighted by Crippen LogP contribution is -2.49. The van der Waals surface area contributed by atoms with E-state index >= 15 is 0 Å². The van der Waals surface area contributed by atoms with Gasteiger partial charge >= 0.3 is 6.18 Å². The molecule has 4 rings (SSSR count). The Labute approximate surface area is 150 Å². The van der Waals surface area contributed by atoms with Crippen molar-refractivity contribution in [3.8, 4) is 0 Å². The Morgan fingerprint density at radius 1 is 1.27 bits per heavy atom. The number of hydrogen-bond acceptors (Lipinski definition) is 3. The zero-order valence-electron chi connectivity index (χ0n) is 14.5. The standard InChI is InChI=1S/C19H23F3N2O2/c20-19(21,22)13-5-6-16-12(9-13)10-15(17-4-1-7-24(16)17)18(25)23-11-14-3-2-8-26-14/h5-6,9,14-15,17H,1-4,7-8,10-11H2,(H,23,25). The normalized spacial score (nSPS) is 28.0. The first-order chi connectivity index (χ1) is 12.4. The van der Waals surface area contributed by atoms with Crippen LogP contribution >= 0.6 is 0 Å². The molecule has 3 atom stereocenters. The maximum absolute atomic E-state index is 13.1. The predicted octanol–water partition coefficient (Wildman–Crippen LogP) is 3.14. The molecule has 7 heteroatoms. The molecule has 0 radical (unpaired) electrons. The number of benzene rings is 1. The van der Waals surface area contributed by atoms with Crippen LogP contribution in [0.5, 0.6) is 0 Å². The number of amides is 1. The van der Waals surface area contributed by atoms with Gasteiger partial charge in [-0.1, -0.05) is 0 Å². The van der Waals surface area contributed by atoms with E-state index in [9.17, 15) is 18.0 Å². The van der Waals surface area contributed by atoms with E-state index in [0.29, 0.717) is 18.5 Å². The highest BCUT2D eigenvalue weighted by atomic mass is 19.4. The Morgan fingerprint density at radius 3 is 2.85 bits per heavy atom. The van der Waals surface area contributed by atoms with E-state index in [1.54, 1.807) is 6.07 Å². The molecule has 3 aliphatic rings. The van der Waals surface area contributed by atoms with E-state index in [1.807, 2.05) is 0 Å². The maximum atomic E-state index is 13.1. The van der Waals surface area contributed by atoms with Crippen LogP contribution in [0.4, 0.5) is 18.9 Å². The van der Waals surface area contributed by atoms with Crippen molar-refractivity contribution < 1.29 is 22.7 Å². The third-order valence-corrected chi connectivity index (χ3v) is 5.78. The number of hydrogen-bond donors (Lipinski definition) is 1. The zero-order chi connectivity index (χ0) is 18.3. The number of nitrogens with one attached hydrogen (secondary N) is 1. The van der Waals surface area contributed by atoms with Gasteiger partial charge in [-0.3, -0.25) is 4.79 Å². The molecule has 142 valence electrons. The number of nitrogens with zero attached hydrogens (tertiary/aromatic N) is 1. The average Bonchev–Trinajstić information content (AvgIpc) is 3.29. The summed E-state index contributed by atoms with van der Waals surface area (Å²) in [6.07, 6.45) is -0.135. The topological polar surface area (TPSA) is 41.6 Å². The largest absolute Gasteiger partial charge is 0.416 e. The first kappa shape index (κ1) is 17.6. The summed E-state index contributed by atoms with van der Waals surface area (Å²) in [4.78, 5) is 14.9. The van der Waals surface area contributed by atoms with Crippen LogP contribution in [0.3, 0.4) is 0 Å². The van der Waals surface area contributed by atoms with Crippen LogP contribution in [0.25, 0.3) is 0 Å². The molecule has 0 bridgehead atoms. The SMILES string of the molecule is O=C(NCC1CCCO1)C1Cc2cc(C(F)(F)F)ccc2N2CCCC12. The Morgan fingerprint density at radius 2 is 2.12 bits per heavy atom. The summed E-state index contributed by atoms with van der Waals surface area (Å²) in [5.41, 5.74) is 0.825. The van der Waals surface area contributed by atoms with Crippen molar-refractivity contribution in [3.05, 3.63) is 29.3 Å². The smallest absolute Gasteiger partial charge is 0.376 e. The Bertz CT molecular complexity index is 686. The number of rotatable bonds is 3. The zero-order valence-corrected chi connectivity index (χ0v) is 14.5. The Kier molecular flexibility index (Phi) is 4.59. The number of carbonyl (C=O) groups excluding carboxylic acids is 1. The number of halogens is 3. The molecule has 3 unspecified atom stereocenters. The number of anilines is 1.